The summed E-state index contributed by atoms with van der Waals surface area (Å²) in [5.41, 5.74) is 6.24. The highest BCUT2D eigenvalue weighted by Crippen LogP contribution is 2.16. The molecule has 3 rings (SSSR count). The molecule has 0 unspecified atom stereocenters. The van der Waals surface area contributed by atoms with Gasteiger partial charge in [-0.05, 0) is 42.3 Å². The Hall–Kier alpha value is -3.39. The Kier molecular flexibility index (Phi) is 5.90. The number of nitrogens with one attached hydrogen (secondary N) is 2. The highest BCUT2D eigenvalue weighted by atomic mass is 16.5. The number of methoxy groups -OCH3 is 1. The summed E-state index contributed by atoms with van der Waals surface area (Å²) in [5, 5.41) is 9.42. The fourth-order valence-corrected chi connectivity index (χ4v) is 2.94. The predicted octanol–water partition coefficient (Wildman–Crippen LogP) is 1.01. The van der Waals surface area contributed by atoms with Crippen LogP contribution in [0.1, 0.15) is 22.3 Å². The average Bonchev–Trinajstić information content (AvgIpc) is 2.97. The Morgan fingerprint density at radius 3 is 2.64 bits per heavy atom. The smallest absolute Gasteiger partial charge is 0.265 e. The molecule has 0 radical (unpaired) electrons. The molecule has 8 nitrogen and oxygen atoms in total. The SMILES string of the molecule is COc1ccc(CCN2C(=O)C[C@H](NNC(=O)c3cccc(O)c3)C2=O)cc1. The van der Waals surface area contributed by atoms with Crippen LogP contribution in [0.15, 0.2) is 48.5 Å². The molecular formula is C20H21N3O5. The van der Waals surface area contributed by atoms with Crippen molar-refractivity contribution < 1.29 is 24.2 Å². The maximum absolute atomic E-state index is 12.5. The second-order valence-corrected chi connectivity index (χ2v) is 6.39. The van der Waals surface area contributed by atoms with Gasteiger partial charge in [-0.1, -0.05) is 18.2 Å². The molecule has 1 fully saturated rings. The van der Waals surface area contributed by atoms with Crippen molar-refractivity contribution in [3.8, 4) is 11.5 Å². The minimum atomic E-state index is -0.815. The molecule has 3 amide bonds. The van der Waals surface area contributed by atoms with Gasteiger partial charge in [-0.2, -0.15) is 0 Å². The molecule has 1 aliphatic rings. The lowest BCUT2D eigenvalue weighted by Crippen LogP contribution is -2.48. The molecule has 8 heteroatoms. The van der Waals surface area contributed by atoms with E-state index in [-0.39, 0.29) is 36.1 Å². The van der Waals surface area contributed by atoms with Gasteiger partial charge < -0.3 is 9.84 Å². The third-order valence-electron chi connectivity index (χ3n) is 4.50. The second kappa shape index (κ2) is 8.53. The van der Waals surface area contributed by atoms with E-state index in [1.54, 1.807) is 7.11 Å². The molecule has 2 aromatic rings. The van der Waals surface area contributed by atoms with Crippen LogP contribution >= 0.6 is 0 Å². The number of nitrogens with zero attached hydrogens (tertiary/aromatic N) is 1. The summed E-state index contributed by atoms with van der Waals surface area (Å²) in [6.07, 6.45) is 0.506. The van der Waals surface area contributed by atoms with Gasteiger partial charge in [-0.25, -0.2) is 5.43 Å². The zero-order valence-electron chi connectivity index (χ0n) is 15.3. The van der Waals surface area contributed by atoms with Crippen LogP contribution in [0.25, 0.3) is 0 Å². The van der Waals surface area contributed by atoms with E-state index in [2.05, 4.69) is 10.9 Å². The van der Waals surface area contributed by atoms with Crippen LogP contribution in [0.2, 0.25) is 0 Å². The quantitative estimate of drug-likeness (QED) is 0.486. The highest BCUT2D eigenvalue weighted by Gasteiger charge is 2.38. The van der Waals surface area contributed by atoms with E-state index in [1.807, 2.05) is 24.3 Å². The Balaban J connectivity index is 1.53. The van der Waals surface area contributed by atoms with Crippen molar-refractivity contribution in [3.63, 3.8) is 0 Å². The minimum absolute atomic E-state index is 0.0260. The molecule has 1 saturated heterocycles. The number of carbonyl (C=O) groups excluding carboxylic acids is 3. The first kappa shape index (κ1) is 19.4. The molecule has 1 atom stereocenters. The summed E-state index contributed by atoms with van der Waals surface area (Å²) in [6.45, 7) is 0.267. The van der Waals surface area contributed by atoms with Crippen LogP contribution in [0.5, 0.6) is 11.5 Å². The molecule has 0 saturated carbocycles. The Bertz CT molecular complexity index is 882. The van der Waals surface area contributed by atoms with Crippen LogP contribution in [-0.4, -0.2) is 47.4 Å². The van der Waals surface area contributed by atoms with Crippen molar-refractivity contribution in [2.24, 2.45) is 0 Å². The first-order valence-corrected chi connectivity index (χ1v) is 8.80. The lowest BCUT2D eigenvalue weighted by Gasteiger charge is -2.16. The zero-order chi connectivity index (χ0) is 20.1. The van der Waals surface area contributed by atoms with Crippen molar-refractivity contribution in [2.75, 3.05) is 13.7 Å². The summed E-state index contributed by atoms with van der Waals surface area (Å²) in [4.78, 5) is 37.9. The maximum Gasteiger partial charge on any atom is 0.265 e. The second-order valence-electron chi connectivity index (χ2n) is 6.39. The number of phenolic OH excluding ortho intramolecular Hbond substituents is 1. The third kappa shape index (κ3) is 4.47. The van der Waals surface area contributed by atoms with Gasteiger partial charge in [0.15, 0.2) is 0 Å². The molecule has 0 aliphatic carbocycles. The van der Waals surface area contributed by atoms with Gasteiger partial charge in [-0.15, -0.1) is 0 Å². The van der Waals surface area contributed by atoms with Gasteiger partial charge in [-0.3, -0.25) is 24.7 Å². The van der Waals surface area contributed by atoms with Crippen molar-refractivity contribution in [3.05, 3.63) is 59.7 Å². The highest BCUT2D eigenvalue weighted by molar-refractivity contribution is 6.05. The first-order valence-electron chi connectivity index (χ1n) is 8.80. The van der Waals surface area contributed by atoms with E-state index < -0.39 is 11.9 Å². The lowest BCUT2D eigenvalue weighted by atomic mass is 10.1. The number of rotatable bonds is 7. The largest absolute Gasteiger partial charge is 0.508 e. The Morgan fingerprint density at radius 1 is 1.21 bits per heavy atom. The first-order chi connectivity index (χ1) is 13.5. The van der Waals surface area contributed by atoms with Gasteiger partial charge >= 0.3 is 0 Å². The fourth-order valence-electron chi connectivity index (χ4n) is 2.94. The summed E-state index contributed by atoms with van der Waals surface area (Å²) in [5.74, 6) is -0.474. The monoisotopic (exact) mass is 383 g/mol. The van der Waals surface area contributed by atoms with Gasteiger partial charge in [0.25, 0.3) is 5.91 Å². The molecule has 2 aromatic carbocycles. The van der Waals surface area contributed by atoms with Crippen molar-refractivity contribution in [2.45, 2.75) is 18.9 Å². The summed E-state index contributed by atoms with van der Waals surface area (Å²) in [6, 6.07) is 12.4. The van der Waals surface area contributed by atoms with Crippen molar-refractivity contribution >= 4 is 17.7 Å². The normalized spacial score (nSPS) is 16.3. The standard InChI is InChI=1S/C20H21N3O5/c1-28-16-7-5-13(6-8-16)9-10-23-18(25)12-17(20(23)27)21-22-19(26)14-3-2-4-15(24)11-14/h2-8,11,17,21,24H,9-10,12H2,1H3,(H,22,26)/t17-/m0/s1. The lowest BCUT2D eigenvalue weighted by molar-refractivity contribution is -0.138. The summed E-state index contributed by atoms with van der Waals surface area (Å²) in [7, 11) is 1.59. The van der Waals surface area contributed by atoms with E-state index in [0.29, 0.717) is 6.42 Å². The van der Waals surface area contributed by atoms with Gasteiger partial charge in [0.1, 0.15) is 17.5 Å². The number of hydrazine groups is 1. The molecule has 0 spiro atoms. The predicted molar refractivity (Wildman–Crippen MR) is 101 cm³/mol. The van der Waals surface area contributed by atoms with E-state index >= 15 is 0 Å². The van der Waals surface area contributed by atoms with E-state index in [0.717, 1.165) is 11.3 Å². The van der Waals surface area contributed by atoms with E-state index in [1.165, 1.54) is 29.2 Å². The van der Waals surface area contributed by atoms with Crippen molar-refractivity contribution in [1.82, 2.24) is 15.8 Å². The Labute approximate surface area is 162 Å². The van der Waals surface area contributed by atoms with Crippen molar-refractivity contribution in [1.29, 1.82) is 0 Å². The number of phenols is 1. The van der Waals surface area contributed by atoms with Crippen LogP contribution in [0, 0.1) is 0 Å². The minimum Gasteiger partial charge on any atom is -0.508 e. The number of likely N-dealkylation sites (tertiary alicyclic amines) is 1. The molecule has 1 heterocycles. The molecule has 146 valence electrons. The average molecular weight is 383 g/mol. The molecule has 0 aromatic heterocycles. The van der Waals surface area contributed by atoms with E-state index in [9.17, 15) is 19.5 Å². The van der Waals surface area contributed by atoms with Crippen LogP contribution < -0.4 is 15.6 Å². The number of carbonyl (C=O) groups is 3. The van der Waals surface area contributed by atoms with Gasteiger partial charge in [0.2, 0.25) is 11.8 Å². The number of hydrogen-bond acceptors (Lipinski definition) is 6. The number of aromatic hydroxyl groups is 1. The third-order valence-corrected chi connectivity index (χ3v) is 4.50. The summed E-state index contributed by atoms with van der Waals surface area (Å²) >= 11 is 0. The van der Waals surface area contributed by atoms with E-state index in [4.69, 9.17) is 4.74 Å². The number of benzene rings is 2. The Morgan fingerprint density at radius 2 is 1.96 bits per heavy atom. The zero-order valence-corrected chi connectivity index (χ0v) is 15.3. The summed E-state index contributed by atoms with van der Waals surface area (Å²) < 4.78 is 5.10. The number of amides is 3. The molecular weight excluding hydrogens is 362 g/mol. The van der Waals surface area contributed by atoms with Gasteiger partial charge in [0.05, 0.1) is 13.5 Å². The topological polar surface area (TPSA) is 108 Å². The van der Waals surface area contributed by atoms with Crippen LogP contribution in [0.3, 0.4) is 0 Å². The van der Waals surface area contributed by atoms with Crippen LogP contribution in [-0.2, 0) is 16.0 Å². The maximum atomic E-state index is 12.5. The number of ether oxygens (including phenoxy) is 1. The molecule has 0 bridgehead atoms. The van der Waals surface area contributed by atoms with Gasteiger partial charge in [0, 0.05) is 12.1 Å². The number of imide groups is 1. The van der Waals surface area contributed by atoms with Crippen LogP contribution in [0.4, 0.5) is 0 Å². The molecule has 28 heavy (non-hydrogen) atoms. The molecule has 3 N–H and O–H groups in total. The fraction of sp³-hybridized carbons (Fsp3) is 0.250. The molecule has 1 aliphatic heterocycles. The number of hydrogen-bond donors (Lipinski definition) is 3.